The van der Waals surface area contributed by atoms with E-state index in [1.165, 1.54) is 14.2 Å². The molecule has 0 aliphatic carbocycles. The van der Waals surface area contributed by atoms with Crippen LogP contribution in [0.2, 0.25) is 0 Å². The quantitative estimate of drug-likeness (QED) is 0.498. The molecule has 2 aromatic rings. The maximum absolute atomic E-state index is 12.1. The average Bonchev–Trinajstić information content (AvgIpc) is 2.67. The summed E-state index contributed by atoms with van der Waals surface area (Å²) in [6.45, 7) is 2.15. The van der Waals surface area contributed by atoms with Gasteiger partial charge in [0.15, 0.2) is 5.92 Å². The van der Waals surface area contributed by atoms with Gasteiger partial charge in [-0.2, -0.15) is 0 Å². The number of hydrogen-bond donors (Lipinski definition) is 0. The van der Waals surface area contributed by atoms with E-state index < -0.39 is 23.8 Å². The lowest BCUT2D eigenvalue weighted by atomic mass is 9.87. The second kappa shape index (κ2) is 9.38. The zero-order valence-electron chi connectivity index (χ0n) is 14.9. The van der Waals surface area contributed by atoms with Crippen LogP contribution in [-0.4, -0.2) is 26.2 Å². The maximum Gasteiger partial charge on any atom is 0.320 e. The molecule has 0 radical (unpaired) electrons. The zero-order valence-corrected chi connectivity index (χ0v) is 16.5. The van der Waals surface area contributed by atoms with Gasteiger partial charge in [0, 0.05) is 10.4 Å². The van der Waals surface area contributed by atoms with E-state index in [2.05, 4.69) is 15.9 Å². The van der Waals surface area contributed by atoms with Crippen LogP contribution < -0.4 is 4.74 Å². The van der Waals surface area contributed by atoms with Gasteiger partial charge in [-0.1, -0.05) is 53.2 Å². The van der Waals surface area contributed by atoms with Crippen LogP contribution in [0.1, 0.15) is 24.0 Å². The van der Waals surface area contributed by atoms with Gasteiger partial charge in [-0.3, -0.25) is 9.59 Å². The number of rotatable bonds is 7. The van der Waals surface area contributed by atoms with Gasteiger partial charge in [0.05, 0.1) is 14.2 Å². The molecule has 0 heterocycles. The first-order valence-electron chi connectivity index (χ1n) is 8.09. The molecular formula is C20H21BrO5. The Hall–Kier alpha value is -2.34. The third-order valence-electron chi connectivity index (χ3n) is 4.11. The molecule has 1 unspecified atom stereocenters. The Labute approximate surface area is 161 Å². The monoisotopic (exact) mass is 420 g/mol. The summed E-state index contributed by atoms with van der Waals surface area (Å²) in [6, 6.07) is 15.2. The van der Waals surface area contributed by atoms with Crippen LogP contribution >= 0.6 is 15.9 Å². The summed E-state index contributed by atoms with van der Waals surface area (Å²) in [7, 11) is 2.50. The lowest BCUT2D eigenvalue weighted by Crippen LogP contribution is -2.31. The highest BCUT2D eigenvalue weighted by Gasteiger charge is 2.36. The minimum atomic E-state index is -1.07. The average molecular weight is 421 g/mol. The van der Waals surface area contributed by atoms with Crippen molar-refractivity contribution in [1.29, 1.82) is 0 Å². The Morgan fingerprint density at radius 3 is 2.19 bits per heavy atom. The summed E-state index contributed by atoms with van der Waals surface area (Å²) in [6.07, 6.45) is 0. The van der Waals surface area contributed by atoms with Gasteiger partial charge in [0.25, 0.3) is 0 Å². The summed E-state index contributed by atoms with van der Waals surface area (Å²) < 4.78 is 16.3. The molecule has 0 N–H and O–H groups in total. The van der Waals surface area contributed by atoms with Crippen molar-refractivity contribution in [3.8, 4) is 5.75 Å². The van der Waals surface area contributed by atoms with Crippen LogP contribution in [0.4, 0.5) is 0 Å². The van der Waals surface area contributed by atoms with E-state index >= 15 is 0 Å². The van der Waals surface area contributed by atoms with E-state index in [0.29, 0.717) is 12.4 Å². The Morgan fingerprint density at radius 1 is 1.00 bits per heavy atom. The smallest absolute Gasteiger partial charge is 0.320 e. The molecule has 0 aromatic heterocycles. The highest BCUT2D eigenvalue weighted by atomic mass is 79.9. The molecule has 0 amide bonds. The number of carbonyl (C=O) groups is 2. The lowest BCUT2D eigenvalue weighted by Gasteiger charge is -2.22. The summed E-state index contributed by atoms with van der Waals surface area (Å²) in [5.74, 6) is -2.24. The van der Waals surface area contributed by atoms with Crippen molar-refractivity contribution < 1.29 is 23.8 Å². The highest BCUT2D eigenvalue weighted by Crippen LogP contribution is 2.35. The van der Waals surface area contributed by atoms with Crippen molar-refractivity contribution in [2.75, 3.05) is 14.2 Å². The topological polar surface area (TPSA) is 61.8 Å². The van der Waals surface area contributed by atoms with Crippen molar-refractivity contribution in [3.05, 3.63) is 64.1 Å². The zero-order chi connectivity index (χ0) is 19.1. The van der Waals surface area contributed by atoms with E-state index in [4.69, 9.17) is 14.2 Å². The second-order valence-electron chi connectivity index (χ2n) is 5.77. The molecule has 6 heteroatoms. The molecule has 2 aromatic carbocycles. The fraction of sp³-hybridized carbons (Fsp3) is 0.300. The Balaban J connectivity index is 2.32. The largest absolute Gasteiger partial charge is 0.489 e. The number of ether oxygens (including phenoxy) is 3. The van der Waals surface area contributed by atoms with Gasteiger partial charge in [-0.25, -0.2) is 0 Å². The first-order chi connectivity index (χ1) is 12.5. The Bertz CT molecular complexity index is 744. The fourth-order valence-corrected chi connectivity index (χ4v) is 3.06. The minimum absolute atomic E-state index is 0.378. The van der Waals surface area contributed by atoms with Crippen LogP contribution in [0.25, 0.3) is 0 Å². The van der Waals surface area contributed by atoms with Crippen LogP contribution in [0.15, 0.2) is 53.0 Å². The molecule has 5 nitrogen and oxygen atoms in total. The molecule has 138 valence electrons. The molecule has 0 aliphatic rings. The van der Waals surface area contributed by atoms with Gasteiger partial charge < -0.3 is 14.2 Å². The van der Waals surface area contributed by atoms with Crippen LogP contribution in [0.5, 0.6) is 5.75 Å². The molecule has 0 fully saturated rings. The molecule has 0 saturated carbocycles. The van der Waals surface area contributed by atoms with Crippen molar-refractivity contribution in [2.45, 2.75) is 19.4 Å². The van der Waals surface area contributed by atoms with Gasteiger partial charge in [-0.15, -0.1) is 0 Å². The number of halogens is 1. The van der Waals surface area contributed by atoms with Gasteiger partial charge in [0.2, 0.25) is 0 Å². The standard InChI is InChI=1S/C20H21BrO5/c1-13(18(19(22)24-2)20(23)25-3)16-11-15(21)9-10-17(16)26-12-14-7-5-4-6-8-14/h4-11,13,18H,12H2,1-3H3. The van der Waals surface area contributed by atoms with E-state index in [-0.39, 0.29) is 0 Å². The second-order valence-corrected chi connectivity index (χ2v) is 6.68. The third-order valence-corrected chi connectivity index (χ3v) is 4.60. The lowest BCUT2D eigenvalue weighted by molar-refractivity contribution is -0.159. The van der Waals surface area contributed by atoms with Crippen molar-refractivity contribution >= 4 is 27.9 Å². The normalized spacial score (nSPS) is 11.7. The predicted molar refractivity (Wildman–Crippen MR) is 101 cm³/mol. The van der Waals surface area contributed by atoms with Gasteiger partial charge >= 0.3 is 11.9 Å². The molecule has 1 atom stereocenters. The van der Waals surface area contributed by atoms with Crippen molar-refractivity contribution in [3.63, 3.8) is 0 Å². The van der Waals surface area contributed by atoms with Crippen LogP contribution in [0, 0.1) is 5.92 Å². The molecule has 0 spiro atoms. The maximum atomic E-state index is 12.1. The van der Waals surface area contributed by atoms with Gasteiger partial charge in [0.1, 0.15) is 12.4 Å². The summed E-state index contributed by atoms with van der Waals surface area (Å²) in [5.41, 5.74) is 1.74. The molecule has 0 aliphatic heterocycles. The van der Waals surface area contributed by atoms with Crippen molar-refractivity contribution in [1.82, 2.24) is 0 Å². The molecule has 0 saturated heterocycles. The molecule has 26 heavy (non-hydrogen) atoms. The fourth-order valence-electron chi connectivity index (χ4n) is 2.68. The van der Waals surface area contributed by atoms with Gasteiger partial charge in [-0.05, 0) is 29.3 Å². The molecule has 0 bridgehead atoms. The highest BCUT2D eigenvalue weighted by molar-refractivity contribution is 9.10. The summed E-state index contributed by atoms with van der Waals surface area (Å²) in [5, 5.41) is 0. The van der Waals surface area contributed by atoms with E-state index in [1.54, 1.807) is 6.92 Å². The van der Waals surface area contributed by atoms with E-state index in [9.17, 15) is 9.59 Å². The van der Waals surface area contributed by atoms with E-state index in [1.807, 2.05) is 48.5 Å². The van der Waals surface area contributed by atoms with Crippen LogP contribution in [-0.2, 0) is 25.7 Å². The summed E-state index contributed by atoms with van der Waals surface area (Å²) in [4.78, 5) is 24.3. The number of hydrogen-bond acceptors (Lipinski definition) is 5. The number of esters is 2. The predicted octanol–water partition coefficient (Wildman–Crippen LogP) is 4.09. The molecular weight excluding hydrogens is 400 g/mol. The molecule has 2 rings (SSSR count). The third kappa shape index (κ3) is 4.85. The first-order valence-corrected chi connectivity index (χ1v) is 8.89. The minimum Gasteiger partial charge on any atom is -0.489 e. The number of benzene rings is 2. The first kappa shape index (κ1) is 20.0. The van der Waals surface area contributed by atoms with Crippen molar-refractivity contribution in [2.24, 2.45) is 5.92 Å². The number of methoxy groups -OCH3 is 2. The Kier molecular flexibility index (Phi) is 7.21. The van der Waals surface area contributed by atoms with E-state index in [0.717, 1.165) is 15.6 Å². The SMILES string of the molecule is COC(=O)C(C(=O)OC)C(C)c1cc(Br)ccc1OCc1ccccc1. The number of carbonyl (C=O) groups excluding carboxylic acids is 2. The van der Waals surface area contributed by atoms with Crippen LogP contribution in [0.3, 0.4) is 0 Å². The Morgan fingerprint density at radius 2 is 1.62 bits per heavy atom. The summed E-state index contributed by atoms with van der Waals surface area (Å²) >= 11 is 3.43.